The number of hydrogen-bond acceptors (Lipinski definition) is 2. The lowest BCUT2D eigenvalue weighted by molar-refractivity contribution is -0.112. The van der Waals surface area contributed by atoms with Gasteiger partial charge in [0.1, 0.15) is 0 Å². The van der Waals surface area contributed by atoms with Crippen LogP contribution in [0.15, 0.2) is 49.1 Å². The first-order chi connectivity index (χ1) is 7.54. The predicted molar refractivity (Wildman–Crippen MR) is 66.9 cm³/mol. The van der Waals surface area contributed by atoms with Gasteiger partial charge in [0.2, 0.25) is 0 Å². The number of anilines is 1. The highest BCUT2D eigenvalue weighted by molar-refractivity contribution is 6.05. The Morgan fingerprint density at radius 1 is 1.38 bits per heavy atom. The zero-order valence-electron chi connectivity index (χ0n) is 9.21. The Balaban J connectivity index is 2.76. The summed E-state index contributed by atoms with van der Waals surface area (Å²) in [5, 5.41) is 10.1. The number of hydrogen-bond donors (Lipinski definition) is 2. The van der Waals surface area contributed by atoms with Gasteiger partial charge in [0.25, 0.3) is 5.91 Å². The second-order valence-corrected chi connectivity index (χ2v) is 3.39. The van der Waals surface area contributed by atoms with E-state index in [1.54, 1.807) is 31.2 Å². The van der Waals surface area contributed by atoms with E-state index in [4.69, 9.17) is 5.41 Å². The number of benzene rings is 1. The molecule has 0 aliphatic heterocycles. The van der Waals surface area contributed by atoms with Gasteiger partial charge in [0.05, 0.1) is 0 Å². The summed E-state index contributed by atoms with van der Waals surface area (Å²) in [5.41, 5.74) is 2.33. The number of carbonyl (C=O) groups excluding carboxylic acids is 1. The van der Waals surface area contributed by atoms with Crippen LogP contribution < -0.4 is 5.32 Å². The topological polar surface area (TPSA) is 53.0 Å². The first-order valence-electron chi connectivity index (χ1n) is 4.83. The third-order valence-electron chi connectivity index (χ3n) is 2.11. The van der Waals surface area contributed by atoms with E-state index in [2.05, 4.69) is 18.5 Å². The molecule has 0 aliphatic rings. The van der Waals surface area contributed by atoms with Gasteiger partial charge in [-0.2, -0.15) is 0 Å². The predicted octanol–water partition coefficient (Wildman–Crippen LogP) is 2.76. The minimum Gasteiger partial charge on any atom is -0.322 e. The maximum absolute atomic E-state index is 11.4. The van der Waals surface area contributed by atoms with Crippen LogP contribution in [0.3, 0.4) is 0 Å². The van der Waals surface area contributed by atoms with Gasteiger partial charge in [-0.3, -0.25) is 4.79 Å². The van der Waals surface area contributed by atoms with E-state index in [-0.39, 0.29) is 5.91 Å². The van der Waals surface area contributed by atoms with Crippen LogP contribution in [0.2, 0.25) is 0 Å². The summed E-state index contributed by atoms with van der Waals surface area (Å²) in [6, 6.07) is 7.08. The van der Waals surface area contributed by atoms with Gasteiger partial charge in [-0.15, -0.1) is 0 Å². The van der Waals surface area contributed by atoms with Gasteiger partial charge in [0, 0.05) is 17.0 Å². The standard InChI is InChI=1S/C13H14N2O/c1-4-9(2)13(16)15-12-7-5-11(6-8-12)10(3)14/h4-8,14H,1-2H2,3H3,(H,15,16). The fourth-order valence-corrected chi connectivity index (χ4v) is 1.11. The Labute approximate surface area is 95.0 Å². The maximum atomic E-state index is 11.4. The van der Waals surface area contributed by atoms with Crippen molar-refractivity contribution in [2.45, 2.75) is 6.92 Å². The minimum absolute atomic E-state index is 0.269. The van der Waals surface area contributed by atoms with Crippen LogP contribution in [0.4, 0.5) is 5.69 Å². The Kier molecular flexibility index (Phi) is 3.78. The van der Waals surface area contributed by atoms with Gasteiger partial charge in [-0.1, -0.05) is 31.4 Å². The monoisotopic (exact) mass is 214 g/mol. The fourth-order valence-electron chi connectivity index (χ4n) is 1.11. The highest BCUT2D eigenvalue weighted by Crippen LogP contribution is 2.11. The van der Waals surface area contributed by atoms with Crippen LogP contribution in [0.5, 0.6) is 0 Å². The molecule has 1 aromatic rings. The van der Waals surface area contributed by atoms with Crippen LogP contribution >= 0.6 is 0 Å². The van der Waals surface area contributed by atoms with Gasteiger partial charge in [-0.05, 0) is 24.6 Å². The Morgan fingerprint density at radius 3 is 2.38 bits per heavy atom. The van der Waals surface area contributed by atoms with E-state index in [0.29, 0.717) is 17.0 Å². The number of amides is 1. The molecule has 3 nitrogen and oxygen atoms in total. The van der Waals surface area contributed by atoms with Crippen molar-refractivity contribution >= 4 is 17.3 Å². The van der Waals surface area contributed by atoms with Crippen molar-refractivity contribution in [2.75, 3.05) is 5.32 Å². The molecule has 1 rings (SSSR count). The lowest BCUT2D eigenvalue weighted by atomic mass is 10.1. The smallest absolute Gasteiger partial charge is 0.255 e. The van der Waals surface area contributed by atoms with Crippen LogP contribution in [0, 0.1) is 5.41 Å². The van der Waals surface area contributed by atoms with Gasteiger partial charge < -0.3 is 10.7 Å². The van der Waals surface area contributed by atoms with Crippen molar-refractivity contribution in [3.05, 3.63) is 54.6 Å². The molecule has 0 aliphatic carbocycles. The highest BCUT2D eigenvalue weighted by atomic mass is 16.1. The lowest BCUT2D eigenvalue weighted by Gasteiger charge is -2.05. The molecular weight excluding hydrogens is 200 g/mol. The van der Waals surface area contributed by atoms with Crippen LogP contribution in [0.1, 0.15) is 12.5 Å². The number of rotatable bonds is 4. The van der Waals surface area contributed by atoms with Crippen LogP contribution in [0.25, 0.3) is 0 Å². The molecular formula is C13H14N2O. The summed E-state index contributed by atoms with van der Waals surface area (Å²) in [7, 11) is 0. The van der Waals surface area contributed by atoms with Crippen molar-refractivity contribution in [3.63, 3.8) is 0 Å². The van der Waals surface area contributed by atoms with Crippen molar-refractivity contribution in [3.8, 4) is 0 Å². The molecule has 0 fully saturated rings. The number of nitrogens with one attached hydrogen (secondary N) is 2. The van der Waals surface area contributed by atoms with E-state index in [1.807, 2.05) is 0 Å². The first-order valence-corrected chi connectivity index (χ1v) is 4.83. The molecule has 0 bridgehead atoms. The Bertz CT molecular complexity index is 444. The van der Waals surface area contributed by atoms with Crippen molar-refractivity contribution in [1.82, 2.24) is 0 Å². The highest BCUT2D eigenvalue weighted by Gasteiger charge is 2.03. The zero-order chi connectivity index (χ0) is 12.1. The molecule has 0 atom stereocenters. The molecule has 0 saturated heterocycles. The number of carbonyl (C=O) groups is 1. The Hall–Kier alpha value is -2.16. The normalized spacial score (nSPS) is 9.31. The molecule has 0 saturated carbocycles. The summed E-state index contributed by atoms with van der Waals surface area (Å²) in [5.74, 6) is -0.269. The molecule has 0 aromatic heterocycles. The Morgan fingerprint density at radius 2 is 1.94 bits per heavy atom. The van der Waals surface area contributed by atoms with Crippen LogP contribution in [-0.4, -0.2) is 11.6 Å². The average Bonchev–Trinajstić information content (AvgIpc) is 2.28. The third-order valence-corrected chi connectivity index (χ3v) is 2.11. The van der Waals surface area contributed by atoms with E-state index in [0.717, 1.165) is 5.56 Å². The summed E-state index contributed by atoms with van der Waals surface area (Å²) >= 11 is 0. The molecule has 2 N–H and O–H groups in total. The second kappa shape index (κ2) is 5.07. The molecule has 1 aromatic carbocycles. The van der Waals surface area contributed by atoms with Crippen molar-refractivity contribution < 1.29 is 4.79 Å². The van der Waals surface area contributed by atoms with Crippen molar-refractivity contribution in [2.24, 2.45) is 0 Å². The van der Waals surface area contributed by atoms with E-state index in [1.165, 1.54) is 6.08 Å². The molecule has 1 amide bonds. The average molecular weight is 214 g/mol. The van der Waals surface area contributed by atoms with E-state index >= 15 is 0 Å². The molecule has 3 heteroatoms. The van der Waals surface area contributed by atoms with E-state index < -0.39 is 0 Å². The maximum Gasteiger partial charge on any atom is 0.255 e. The third kappa shape index (κ3) is 2.92. The molecule has 0 radical (unpaired) electrons. The van der Waals surface area contributed by atoms with Crippen molar-refractivity contribution in [1.29, 1.82) is 5.41 Å². The minimum atomic E-state index is -0.269. The lowest BCUT2D eigenvalue weighted by Crippen LogP contribution is -2.12. The zero-order valence-corrected chi connectivity index (χ0v) is 9.21. The van der Waals surface area contributed by atoms with Crippen LogP contribution in [-0.2, 0) is 4.79 Å². The molecule has 82 valence electrons. The quantitative estimate of drug-likeness (QED) is 0.452. The van der Waals surface area contributed by atoms with Gasteiger partial charge >= 0.3 is 0 Å². The molecule has 16 heavy (non-hydrogen) atoms. The summed E-state index contributed by atoms with van der Waals surface area (Å²) in [4.78, 5) is 11.4. The first kappa shape index (κ1) is 11.9. The largest absolute Gasteiger partial charge is 0.322 e. The SMILES string of the molecule is C=CC(=C)C(=O)Nc1ccc(C(C)=N)cc1. The summed E-state index contributed by atoms with van der Waals surface area (Å²) < 4.78 is 0. The molecule has 0 unspecified atom stereocenters. The molecule has 0 spiro atoms. The van der Waals surface area contributed by atoms with Gasteiger partial charge in [0.15, 0.2) is 0 Å². The fraction of sp³-hybridized carbons (Fsp3) is 0.0769. The summed E-state index contributed by atoms with van der Waals surface area (Å²) in [6.45, 7) is 8.74. The molecule has 0 heterocycles. The van der Waals surface area contributed by atoms with E-state index in [9.17, 15) is 4.79 Å². The second-order valence-electron chi connectivity index (χ2n) is 3.39. The summed E-state index contributed by atoms with van der Waals surface area (Å²) in [6.07, 6.45) is 1.41. The van der Waals surface area contributed by atoms with Gasteiger partial charge in [-0.25, -0.2) is 0 Å².